The number of urea groups is 1. The van der Waals surface area contributed by atoms with Gasteiger partial charge in [-0.25, -0.2) is 14.6 Å². The van der Waals surface area contributed by atoms with E-state index in [2.05, 4.69) is 20.2 Å². The fourth-order valence-electron chi connectivity index (χ4n) is 8.01. The van der Waals surface area contributed by atoms with Crippen molar-refractivity contribution in [3.8, 4) is 0 Å². The molecule has 4 aliphatic rings. The van der Waals surface area contributed by atoms with Crippen molar-refractivity contribution in [2.75, 3.05) is 51.1 Å². The van der Waals surface area contributed by atoms with Gasteiger partial charge in [-0.2, -0.15) is 0 Å². The minimum absolute atomic E-state index is 0.0226. The summed E-state index contributed by atoms with van der Waals surface area (Å²) in [7, 11) is 0. The molecule has 3 aromatic rings. The van der Waals surface area contributed by atoms with Gasteiger partial charge in [-0.3, -0.25) is 4.79 Å². The average molecular weight is 658 g/mol. The molecule has 2 aromatic carbocycles. The van der Waals surface area contributed by atoms with E-state index < -0.39 is 12.2 Å². The fraction of sp³-hybridized carbons (Fsp3) is 0.556. The molecule has 0 spiro atoms. The van der Waals surface area contributed by atoms with Crippen LogP contribution in [0.5, 0.6) is 0 Å². The number of rotatable bonds is 6. The molecule has 3 fully saturated rings. The first-order chi connectivity index (χ1) is 23.3. The number of H-pyrrole nitrogens is 1. The molecule has 4 aliphatic heterocycles. The van der Waals surface area contributed by atoms with E-state index in [1.54, 1.807) is 11.2 Å². The van der Waals surface area contributed by atoms with Crippen LogP contribution in [0.25, 0.3) is 11.0 Å². The molecule has 5 heterocycles. The number of piperidine rings is 3. The number of carbonyl (C=O) groups excluding carboxylic acids is 3. The summed E-state index contributed by atoms with van der Waals surface area (Å²) in [6.45, 7) is 6.54. The zero-order valence-corrected chi connectivity index (χ0v) is 27.8. The number of benzene rings is 2. The van der Waals surface area contributed by atoms with Gasteiger partial charge >= 0.3 is 12.1 Å². The Hall–Kier alpha value is -4.16. The van der Waals surface area contributed by atoms with Crippen LogP contribution in [-0.2, 0) is 22.4 Å². The second-order valence-corrected chi connectivity index (χ2v) is 13.9. The molecule has 0 unspecified atom stereocenters. The molecule has 256 valence electrons. The van der Waals surface area contributed by atoms with E-state index >= 15 is 0 Å². The third kappa shape index (κ3) is 7.00. The SMILES string of the molecule is Cc1cc(C[C@@H](OC(=O)N2CCC(N3CCc4ccccc4NC3=O)CC2)C(=O)N2CCC(N3CCC(O)CC3)CC2)cc2[nH]cnc12. The lowest BCUT2D eigenvalue weighted by atomic mass is 9.98. The number of fused-ring (bicyclic) bond motifs is 2. The number of imidazole rings is 1. The van der Waals surface area contributed by atoms with Gasteiger partial charge in [0.1, 0.15) is 0 Å². The number of anilines is 1. The molecular weight excluding hydrogens is 610 g/mol. The van der Waals surface area contributed by atoms with E-state index in [9.17, 15) is 19.5 Å². The Bertz CT molecular complexity index is 1620. The molecule has 0 aliphatic carbocycles. The van der Waals surface area contributed by atoms with E-state index in [0.29, 0.717) is 51.6 Å². The monoisotopic (exact) mass is 657 g/mol. The Morgan fingerprint density at radius 3 is 2.42 bits per heavy atom. The molecule has 3 saturated heterocycles. The Morgan fingerprint density at radius 1 is 0.938 bits per heavy atom. The van der Waals surface area contributed by atoms with Crippen LogP contribution in [0.4, 0.5) is 15.3 Å². The largest absolute Gasteiger partial charge is 0.436 e. The molecule has 4 amide bonds. The summed E-state index contributed by atoms with van der Waals surface area (Å²) < 4.78 is 6.10. The topological polar surface area (TPSA) is 134 Å². The van der Waals surface area contributed by atoms with Gasteiger partial charge in [0.05, 0.1) is 23.5 Å². The number of hydrogen-bond donors (Lipinski definition) is 3. The number of para-hydroxylation sites is 1. The summed E-state index contributed by atoms with van der Waals surface area (Å²) in [5.74, 6) is -0.158. The van der Waals surface area contributed by atoms with E-state index in [-0.39, 0.29) is 30.5 Å². The number of hydrogen-bond acceptors (Lipinski definition) is 7. The van der Waals surface area contributed by atoms with Crippen molar-refractivity contribution in [2.45, 2.75) is 82.6 Å². The number of ether oxygens (including phenoxy) is 1. The second-order valence-electron chi connectivity index (χ2n) is 13.9. The smallest absolute Gasteiger partial charge is 0.410 e. The standard InChI is InChI=1S/C36H47N7O5/c1-24-20-25(21-31-33(24)38-23-37-31)22-32(34(45)41-13-7-27(8-14-41)40-17-11-29(44)12-18-40)48-36(47)42-15-9-28(10-16-42)43-19-6-26-4-2-3-5-30(26)39-35(43)46/h2-5,20-21,23,27-29,32,44H,6-19,22H2,1H3,(H,37,38)(H,39,46)/t32-/m1/s1. The minimum Gasteiger partial charge on any atom is -0.436 e. The van der Waals surface area contributed by atoms with Gasteiger partial charge in [-0.1, -0.05) is 24.3 Å². The third-order valence-electron chi connectivity index (χ3n) is 10.8. The van der Waals surface area contributed by atoms with Crippen molar-refractivity contribution in [3.05, 3.63) is 59.4 Å². The first kappa shape index (κ1) is 32.4. The van der Waals surface area contributed by atoms with Gasteiger partial charge in [0.2, 0.25) is 0 Å². The quantitative estimate of drug-likeness (QED) is 0.366. The Balaban J connectivity index is 0.996. The number of aromatic nitrogens is 2. The van der Waals surface area contributed by atoms with Crippen LogP contribution in [0.3, 0.4) is 0 Å². The van der Waals surface area contributed by atoms with Gasteiger partial charge < -0.3 is 39.7 Å². The number of nitrogens with zero attached hydrogens (tertiary/aromatic N) is 5. The van der Waals surface area contributed by atoms with Crippen LogP contribution in [0.1, 0.15) is 55.2 Å². The Morgan fingerprint density at radius 2 is 1.65 bits per heavy atom. The molecule has 1 aromatic heterocycles. The lowest BCUT2D eigenvalue weighted by molar-refractivity contribution is -0.142. The van der Waals surface area contributed by atoms with Crippen molar-refractivity contribution in [1.82, 2.24) is 29.6 Å². The van der Waals surface area contributed by atoms with Crippen molar-refractivity contribution >= 4 is 34.8 Å². The zero-order valence-electron chi connectivity index (χ0n) is 27.8. The normalized spacial score (nSPS) is 21.1. The molecule has 12 nitrogen and oxygen atoms in total. The summed E-state index contributed by atoms with van der Waals surface area (Å²) in [5, 5.41) is 13.0. The van der Waals surface area contributed by atoms with Gasteiger partial charge in [0.25, 0.3) is 5.91 Å². The maximum absolute atomic E-state index is 14.1. The molecule has 7 rings (SSSR count). The average Bonchev–Trinajstić information content (AvgIpc) is 3.52. The van der Waals surface area contributed by atoms with E-state index in [1.807, 2.05) is 53.1 Å². The van der Waals surface area contributed by atoms with E-state index in [1.165, 1.54) is 0 Å². The minimum atomic E-state index is -0.952. The van der Waals surface area contributed by atoms with Crippen molar-refractivity contribution in [3.63, 3.8) is 0 Å². The first-order valence-corrected chi connectivity index (χ1v) is 17.6. The lowest BCUT2D eigenvalue weighted by Gasteiger charge is -2.41. The molecule has 3 N–H and O–H groups in total. The number of carbonyl (C=O) groups is 3. The van der Waals surface area contributed by atoms with Crippen LogP contribution < -0.4 is 5.32 Å². The van der Waals surface area contributed by atoms with E-state index in [0.717, 1.165) is 78.6 Å². The summed E-state index contributed by atoms with van der Waals surface area (Å²) >= 11 is 0. The number of aryl methyl sites for hydroxylation is 1. The second kappa shape index (κ2) is 14.1. The zero-order chi connectivity index (χ0) is 33.2. The highest BCUT2D eigenvalue weighted by molar-refractivity contribution is 5.91. The Kier molecular flexibility index (Phi) is 9.54. The summed E-state index contributed by atoms with van der Waals surface area (Å²) in [5.41, 5.74) is 5.66. The summed E-state index contributed by atoms with van der Waals surface area (Å²) in [4.78, 5) is 56.3. The van der Waals surface area contributed by atoms with Crippen molar-refractivity contribution in [1.29, 1.82) is 0 Å². The van der Waals surface area contributed by atoms with Gasteiger partial charge in [-0.05, 0) is 80.7 Å². The van der Waals surface area contributed by atoms with Crippen LogP contribution in [0.2, 0.25) is 0 Å². The maximum atomic E-state index is 14.1. The first-order valence-electron chi connectivity index (χ1n) is 17.6. The van der Waals surface area contributed by atoms with Crippen molar-refractivity contribution in [2.24, 2.45) is 0 Å². The molecule has 1 atom stereocenters. The number of aromatic amines is 1. The molecular formula is C36H47N7O5. The van der Waals surface area contributed by atoms with Gasteiger partial charge in [-0.15, -0.1) is 0 Å². The van der Waals surface area contributed by atoms with Crippen molar-refractivity contribution < 1.29 is 24.2 Å². The predicted octanol–water partition coefficient (Wildman–Crippen LogP) is 3.92. The molecule has 0 saturated carbocycles. The summed E-state index contributed by atoms with van der Waals surface area (Å²) in [6, 6.07) is 12.2. The lowest BCUT2D eigenvalue weighted by Crippen LogP contribution is -2.53. The third-order valence-corrected chi connectivity index (χ3v) is 10.8. The van der Waals surface area contributed by atoms with Crippen LogP contribution in [-0.4, -0.2) is 123 Å². The number of likely N-dealkylation sites (tertiary alicyclic amines) is 3. The predicted molar refractivity (Wildman–Crippen MR) is 182 cm³/mol. The molecule has 0 radical (unpaired) electrons. The highest BCUT2D eigenvalue weighted by atomic mass is 16.6. The molecule has 48 heavy (non-hydrogen) atoms. The molecule has 12 heteroatoms. The Labute approximate surface area is 281 Å². The van der Waals surface area contributed by atoms with Gasteiger partial charge in [0, 0.05) is 70.0 Å². The van der Waals surface area contributed by atoms with E-state index in [4.69, 9.17) is 4.74 Å². The van der Waals surface area contributed by atoms with Crippen LogP contribution in [0.15, 0.2) is 42.7 Å². The highest BCUT2D eigenvalue weighted by Crippen LogP contribution is 2.27. The van der Waals surface area contributed by atoms with Crippen LogP contribution in [0, 0.1) is 6.92 Å². The van der Waals surface area contributed by atoms with Crippen LogP contribution >= 0.6 is 0 Å². The number of nitrogens with one attached hydrogen (secondary N) is 2. The number of aliphatic hydroxyl groups is 1. The maximum Gasteiger partial charge on any atom is 0.410 e. The summed E-state index contributed by atoms with van der Waals surface area (Å²) in [6.07, 6.45) is 5.69. The molecule has 0 bridgehead atoms. The number of aliphatic hydroxyl groups excluding tert-OH is 1. The highest BCUT2D eigenvalue weighted by Gasteiger charge is 2.36. The fourth-order valence-corrected chi connectivity index (χ4v) is 8.01. The number of amides is 4. The van der Waals surface area contributed by atoms with Gasteiger partial charge in [0.15, 0.2) is 6.10 Å².